The molecule has 1 aliphatic carbocycles. The fourth-order valence-electron chi connectivity index (χ4n) is 7.16. The highest BCUT2D eigenvalue weighted by Gasteiger charge is 2.34. The number of ether oxygens (including phenoxy) is 3. The molecule has 0 bridgehead atoms. The van der Waals surface area contributed by atoms with Crippen LogP contribution in [0.15, 0.2) is 30.3 Å². The van der Waals surface area contributed by atoms with E-state index in [4.69, 9.17) is 24.2 Å². The Balaban J connectivity index is 1.04. The number of hydrogen-bond acceptors (Lipinski definition) is 9. The van der Waals surface area contributed by atoms with Gasteiger partial charge in [-0.1, -0.05) is 12.1 Å². The van der Waals surface area contributed by atoms with Crippen LogP contribution in [0.25, 0.3) is 16.9 Å². The molecule has 0 radical (unpaired) electrons. The van der Waals surface area contributed by atoms with Crippen LogP contribution in [0, 0.1) is 5.92 Å². The van der Waals surface area contributed by atoms with E-state index in [9.17, 15) is 13.6 Å². The van der Waals surface area contributed by atoms with Crippen molar-refractivity contribution < 1.29 is 27.8 Å². The number of anilines is 1. The predicted octanol–water partition coefficient (Wildman–Crippen LogP) is 3.85. The van der Waals surface area contributed by atoms with Crippen LogP contribution in [-0.2, 0) is 14.3 Å². The van der Waals surface area contributed by atoms with Gasteiger partial charge in [0, 0.05) is 57.3 Å². The molecular formula is C32H41F2N7O4. The molecule has 3 aromatic rings. The number of morpholine rings is 2. The van der Waals surface area contributed by atoms with Gasteiger partial charge in [0.2, 0.25) is 17.7 Å². The lowest BCUT2D eigenvalue weighted by molar-refractivity contribution is -0.139. The molecule has 13 heteroatoms. The van der Waals surface area contributed by atoms with Crippen LogP contribution >= 0.6 is 0 Å². The minimum Gasteiger partial charge on any atom is -0.474 e. The topological polar surface area (TPSA) is 98.1 Å². The third-order valence-corrected chi connectivity index (χ3v) is 9.63. The average molecular weight is 626 g/mol. The van der Waals surface area contributed by atoms with Crippen molar-refractivity contribution in [2.45, 2.75) is 57.1 Å². The molecule has 11 nitrogen and oxygen atoms in total. The van der Waals surface area contributed by atoms with Crippen molar-refractivity contribution in [1.29, 1.82) is 0 Å². The van der Waals surface area contributed by atoms with Crippen LogP contribution in [0.5, 0.6) is 5.88 Å². The first-order chi connectivity index (χ1) is 22.0. The fourth-order valence-corrected chi connectivity index (χ4v) is 7.16. The lowest BCUT2D eigenvalue weighted by Gasteiger charge is -2.41. The number of alkyl halides is 2. The Hall–Kier alpha value is -3.42. The highest BCUT2D eigenvalue weighted by molar-refractivity contribution is 5.79. The maximum atomic E-state index is 14.2. The number of benzene rings is 1. The number of imidazole rings is 1. The molecule has 2 aromatic heterocycles. The van der Waals surface area contributed by atoms with Gasteiger partial charge in [-0.2, -0.15) is 9.97 Å². The van der Waals surface area contributed by atoms with Gasteiger partial charge in [0.05, 0.1) is 37.5 Å². The summed E-state index contributed by atoms with van der Waals surface area (Å²) in [6, 6.07) is 9.21. The number of nitrogens with zero attached hydrogens (tertiary/aromatic N) is 7. The maximum Gasteiger partial charge on any atom is 0.296 e. The Kier molecular flexibility index (Phi) is 9.08. The van der Waals surface area contributed by atoms with Gasteiger partial charge in [-0.3, -0.25) is 14.3 Å². The standard InChI is InChI=1S/C32H41F2N7O4/c33-29(34)30-35-25-3-1-2-4-26(25)41(30)27-21-28(37-32(36-27)40-15-19-44-20-16-40)45-24-7-5-22(6-8-24)31(42)39-11-9-23(10-12-39)38-13-17-43-18-14-38/h1-4,21-24,29H,5-20H2/t22-,24-. The molecular weight excluding hydrogens is 584 g/mol. The molecule has 4 fully saturated rings. The molecule has 0 atom stereocenters. The van der Waals surface area contributed by atoms with Crippen molar-refractivity contribution in [3.05, 3.63) is 36.2 Å². The number of para-hydroxylation sites is 2. The number of aromatic nitrogens is 4. The van der Waals surface area contributed by atoms with E-state index in [0.29, 0.717) is 55.2 Å². The van der Waals surface area contributed by atoms with Gasteiger partial charge in [-0.15, -0.1) is 0 Å². The van der Waals surface area contributed by atoms with E-state index in [-0.39, 0.29) is 29.6 Å². The van der Waals surface area contributed by atoms with E-state index in [1.165, 1.54) is 4.57 Å². The number of rotatable bonds is 7. The summed E-state index contributed by atoms with van der Waals surface area (Å²) in [6.07, 6.45) is 2.08. The zero-order valence-corrected chi connectivity index (χ0v) is 25.5. The Labute approximate surface area is 261 Å². The first kappa shape index (κ1) is 30.2. The highest BCUT2D eigenvalue weighted by Crippen LogP contribution is 2.33. The van der Waals surface area contributed by atoms with E-state index >= 15 is 0 Å². The summed E-state index contributed by atoms with van der Waals surface area (Å²) in [6.45, 7) is 7.43. The van der Waals surface area contributed by atoms with Crippen molar-refractivity contribution >= 4 is 22.9 Å². The van der Waals surface area contributed by atoms with E-state index in [2.05, 4.69) is 14.8 Å². The summed E-state index contributed by atoms with van der Waals surface area (Å²) >= 11 is 0. The Morgan fingerprint density at radius 3 is 2.24 bits per heavy atom. The van der Waals surface area contributed by atoms with Crippen molar-refractivity contribution in [1.82, 2.24) is 29.3 Å². The van der Waals surface area contributed by atoms with Gasteiger partial charge >= 0.3 is 0 Å². The third-order valence-electron chi connectivity index (χ3n) is 9.63. The molecule has 1 amide bonds. The molecule has 45 heavy (non-hydrogen) atoms. The summed E-state index contributed by atoms with van der Waals surface area (Å²) < 4.78 is 47.2. The van der Waals surface area contributed by atoms with Crippen molar-refractivity contribution in [2.24, 2.45) is 5.92 Å². The number of hydrogen-bond donors (Lipinski definition) is 0. The summed E-state index contributed by atoms with van der Waals surface area (Å²) in [5.41, 5.74) is 1.01. The molecule has 4 aliphatic rings. The molecule has 242 valence electrons. The second kappa shape index (κ2) is 13.5. The van der Waals surface area contributed by atoms with E-state index < -0.39 is 6.43 Å². The molecule has 3 saturated heterocycles. The largest absolute Gasteiger partial charge is 0.474 e. The normalized spacial score (nSPS) is 24.0. The van der Waals surface area contributed by atoms with Gasteiger partial charge in [0.15, 0.2) is 5.82 Å². The first-order valence-corrected chi connectivity index (χ1v) is 16.3. The number of piperidine rings is 1. The first-order valence-electron chi connectivity index (χ1n) is 16.3. The summed E-state index contributed by atoms with van der Waals surface area (Å²) in [5.74, 6) is 0.920. The Morgan fingerprint density at radius 1 is 0.844 bits per heavy atom. The second-order valence-electron chi connectivity index (χ2n) is 12.4. The SMILES string of the molecule is O=C([C@H]1CC[C@H](Oc2cc(-n3c(C(F)F)nc4ccccc43)nc(N3CCOCC3)n2)CC1)N1CCC(N2CCOCC2)CC1. The Bertz CT molecular complexity index is 1460. The minimum atomic E-state index is -2.79. The number of carbonyl (C=O) groups is 1. The summed E-state index contributed by atoms with van der Waals surface area (Å²) in [5, 5.41) is 0. The lowest BCUT2D eigenvalue weighted by atomic mass is 9.86. The highest BCUT2D eigenvalue weighted by atomic mass is 19.3. The van der Waals surface area contributed by atoms with Crippen molar-refractivity contribution in [2.75, 3.05) is 70.6 Å². The van der Waals surface area contributed by atoms with Gasteiger partial charge in [0.1, 0.15) is 11.9 Å². The van der Waals surface area contributed by atoms with Crippen LogP contribution in [0.3, 0.4) is 0 Å². The fraction of sp³-hybridized carbons (Fsp3) is 0.625. The second-order valence-corrected chi connectivity index (χ2v) is 12.4. The van der Waals surface area contributed by atoms with Crippen LogP contribution < -0.4 is 9.64 Å². The molecule has 0 spiro atoms. The number of amides is 1. The number of carbonyl (C=O) groups excluding carboxylic acids is 1. The molecule has 1 saturated carbocycles. The zero-order valence-electron chi connectivity index (χ0n) is 25.5. The van der Waals surface area contributed by atoms with Gasteiger partial charge in [0.25, 0.3) is 6.43 Å². The molecule has 0 unspecified atom stereocenters. The monoisotopic (exact) mass is 625 g/mol. The number of halogens is 2. The van der Waals surface area contributed by atoms with E-state index in [1.54, 1.807) is 30.3 Å². The minimum absolute atomic E-state index is 0.000529. The molecule has 0 N–H and O–H groups in total. The van der Waals surface area contributed by atoms with Crippen molar-refractivity contribution in [3.63, 3.8) is 0 Å². The van der Waals surface area contributed by atoms with Gasteiger partial charge < -0.3 is 24.0 Å². The third kappa shape index (κ3) is 6.61. The number of likely N-dealkylation sites (tertiary alicyclic amines) is 1. The molecule has 7 rings (SSSR count). The van der Waals surface area contributed by atoms with E-state index in [0.717, 1.165) is 77.9 Å². The summed E-state index contributed by atoms with van der Waals surface area (Å²) in [4.78, 5) is 33.6. The van der Waals surface area contributed by atoms with Crippen LogP contribution in [-0.4, -0.2) is 113 Å². The number of fused-ring (bicyclic) bond motifs is 1. The zero-order chi connectivity index (χ0) is 30.8. The lowest BCUT2D eigenvalue weighted by Crippen LogP contribution is -2.51. The van der Waals surface area contributed by atoms with Crippen LogP contribution in [0.2, 0.25) is 0 Å². The van der Waals surface area contributed by atoms with Crippen LogP contribution in [0.4, 0.5) is 14.7 Å². The molecule has 3 aliphatic heterocycles. The van der Waals surface area contributed by atoms with E-state index in [1.807, 2.05) is 4.90 Å². The Morgan fingerprint density at radius 2 is 1.53 bits per heavy atom. The molecule has 1 aromatic carbocycles. The molecule has 5 heterocycles. The average Bonchev–Trinajstić information content (AvgIpc) is 3.49. The van der Waals surface area contributed by atoms with Crippen LogP contribution in [0.1, 0.15) is 50.8 Å². The van der Waals surface area contributed by atoms with Gasteiger partial charge in [-0.25, -0.2) is 13.8 Å². The maximum absolute atomic E-state index is 14.2. The quantitative estimate of drug-likeness (QED) is 0.388. The van der Waals surface area contributed by atoms with Gasteiger partial charge in [-0.05, 0) is 50.7 Å². The smallest absolute Gasteiger partial charge is 0.296 e. The van der Waals surface area contributed by atoms with Crippen molar-refractivity contribution in [3.8, 4) is 11.7 Å². The summed E-state index contributed by atoms with van der Waals surface area (Å²) in [7, 11) is 0. The predicted molar refractivity (Wildman–Crippen MR) is 163 cm³/mol.